The van der Waals surface area contributed by atoms with Gasteiger partial charge in [0.25, 0.3) is 0 Å². The molecule has 0 fully saturated rings. The summed E-state index contributed by atoms with van der Waals surface area (Å²) in [7, 11) is 0. The monoisotopic (exact) mass is 662 g/mol. The van der Waals surface area contributed by atoms with Crippen LogP contribution in [0.25, 0.3) is 11.1 Å². The van der Waals surface area contributed by atoms with E-state index in [0.717, 1.165) is 54.9 Å². The number of carbonyl (C=O) groups is 2. The molecule has 0 radical (unpaired) electrons. The predicted octanol–water partition coefficient (Wildman–Crippen LogP) is 12.2. The van der Waals surface area contributed by atoms with Crippen molar-refractivity contribution < 1.29 is 23.8 Å². The number of hydrogen-bond donors (Lipinski definition) is 0. The molecule has 4 rings (SSSR count). The van der Waals surface area contributed by atoms with E-state index in [9.17, 15) is 9.59 Å². The highest BCUT2D eigenvalue weighted by Gasteiger charge is 2.14. The molecule has 0 spiro atoms. The number of ether oxygens (including phenoxy) is 3. The van der Waals surface area contributed by atoms with E-state index in [2.05, 4.69) is 36.2 Å². The van der Waals surface area contributed by atoms with Gasteiger partial charge in [0.2, 0.25) is 0 Å². The Morgan fingerprint density at radius 3 is 1.63 bits per heavy atom. The Balaban J connectivity index is 1.21. The maximum Gasteiger partial charge on any atom is 0.343 e. The van der Waals surface area contributed by atoms with Crippen molar-refractivity contribution in [2.75, 3.05) is 6.61 Å². The van der Waals surface area contributed by atoms with E-state index in [1.165, 1.54) is 44.9 Å². The zero-order valence-corrected chi connectivity index (χ0v) is 29.2. The number of azo groups is 1. The summed E-state index contributed by atoms with van der Waals surface area (Å²) in [5, 5.41) is 8.66. The third-order valence-corrected chi connectivity index (χ3v) is 8.28. The standard InChI is InChI=1S/C42H50N2O5/c1-4-6-8-10-11-13-31-47-39-27-19-34(20-28-39)33-15-23-37(24-16-33)43-44-38-25-17-35(18-26-38)42(46)49-40-29-21-36(22-30-40)41(45)48-32(3)14-12-9-7-5-2/h15-30,32H,4-14,31H2,1-3H3/t32-/m0/s1. The summed E-state index contributed by atoms with van der Waals surface area (Å²) >= 11 is 0. The predicted molar refractivity (Wildman–Crippen MR) is 196 cm³/mol. The molecule has 4 aromatic rings. The Kier molecular flexibility index (Phi) is 15.5. The number of carbonyl (C=O) groups excluding carboxylic acids is 2. The van der Waals surface area contributed by atoms with Crippen LogP contribution in [0.4, 0.5) is 11.4 Å². The number of esters is 2. The van der Waals surface area contributed by atoms with Crippen LogP contribution >= 0.6 is 0 Å². The second-order valence-corrected chi connectivity index (χ2v) is 12.4. The molecular weight excluding hydrogens is 612 g/mol. The molecule has 0 unspecified atom stereocenters. The average molecular weight is 663 g/mol. The van der Waals surface area contributed by atoms with Crippen molar-refractivity contribution >= 4 is 23.3 Å². The third kappa shape index (κ3) is 13.0. The van der Waals surface area contributed by atoms with Gasteiger partial charge in [-0.3, -0.25) is 0 Å². The van der Waals surface area contributed by atoms with Crippen LogP contribution in [0.2, 0.25) is 0 Å². The topological polar surface area (TPSA) is 86.5 Å². The Bertz CT molecular complexity index is 1580. The molecule has 0 aliphatic rings. The van der Waals surface area contributed by atoms with E-state index in [-0.39, 0.29) is 12.1 Å². The quantitative estimate of drug-likeness (QED) is 0.0407. The number of rotatable bonds is 20. The summed E-state index contributed by atoms with van der Waals surface area (Å²) in [6.07, 6.45) is 12.8. The summed E-state index contributed by atoms with van der Waals surface area (Å²) in [6, 6.07) is 29.2. The SMILES string of the molecule is CCCCCCCCOc1ccc(-c2ccc(N=Nc3ccc(C(=O)Oc4ccc(C(=O)O[C@@H](C)CCCCCC)cc4)cc3)cc2)cc1. The van der Waals surface area contributed by atoms with Gasteiger partial charge in [0.1, 0.15) is 11.5 Å². The van der Waals surface area contributed by atoms with Crippen molar-refractivity contribution in [1.29, 1.82) is 0 Å². The molecule has 7 nitrogen and oxygen atoms in total. The van der Waals surface area contributed by atoms with Gasteiger partial charge >= 0.3 is 11.9 Å². The van der Waals surface area contributed by atoms with Crippen molar-refractivity contribution in [3.63, 3.8) is 0 Å². The molecule has 0 heterocycles. The van der Waals surface area contributed by atoms with E-state index in [0.29, 0.717) is 22.6 Å². The number of benzene rings is 4. The summed E-state index contributed by atoms with van der Waals surface area (Å²) < 4.78 is 17.0. The van der Waals surface area contributed by atoms with Gasteiger partial charge in [-0.1, -0.05) is 89.5 Å². The molecular formula is C42H50N2O5. The van der Waals surface area contributed by atoms with Crippen LogP contribution in [-0.4, -0.2) is 24.6 Å². The molecule has 0 aliphatic heterocycles. The van der Waals surface area contributed by atoms with Crippen molar-refractivity contribution in [1.82, 2.24) is 0 Å². The van der Waals surface area contributed by atoms with Crippen molar-refractivity contribution in [3.8, 4) is 22.6 Å². The van der Waals surface area contributed by atoms with E-state index in [1.807, 2.05) is 43.3 Å². The van der Waals surface area contributed by atoms with E-state index >= 15 is 0 Å². The highest BCUT2D eigenvalue weighted by molar-refractivity contribution is 5.92. The van der Waals surface area contributed by atoms with Crippen LogP contribution < -0.4 is 9.47 Å². The molecule has 49 heavy (non-hydrogen) atoms. The Morgan fingerprint density at radius 2 is 1.02 bits per heavy atom. The average Bonchev–Trinajstić information content (AvgIpc) is 3.13. The van der Waals surface area contributed by atoms with Crippen LogP contribution in [0.5, 0.6) is 11.5 Å². The first kappa shape index (κ1) is 37.0. The van der Waals surface area contributed by atoms with Crippen LogP contribution in [0.1, 0.15) is 112 Å². The van der Waals surface area contributed by atoms with Crippen molar-refractivity contribution in [2.45, 2.75) is 97.5 Å². The van der Waals surface area contributed by atoms with E-state index < -0.39 is 5.97 Å². The zero-order valence-electron chi connectivity index (χ0n) is 29.2. The van der Waals surface area contributed by atoms with Crippen LogP contribution in [0.15, 0.2) is 107 Å². The fourth-order valence-corrected chi connectivity index (χ4v) is 5.31. The first-order valence-corrected chi connectivity index (χ1v) is 17.8. The minimum absolute atomic E-state index is 0.140. The maximum absolute atomic E-state index is 12.7. The Labute approximate surface area is 291 Å². The first-order valence-electron chi connectivity index (χ1n) is 17.8. The maximum atomic E-state index is 12.7. The second kappa shape index (κ2) is 20.6. The lowest BCUT2D eigenvalue weighted by atomic mass is 10.1. The van der Waals surface area contributed by atoms with Crippen LogP contribution in [-0.2, 0) is 4.74 Å². The number of unbranched alkanes of at least 4 members (excludes halogenated alkanes) is 8. The fraction of sp³-hybridized carbons (Fsp3) is 0.381. The van der Waals surface area contributed by atoms with Gasteiger partial charge in [-0.2, -0.15) is 10.2 Å². The van der Waals surface area contributed by atoms with Crippen LogP contribution in [0, 0.1) is 0 Å². The van der Waals surface area contributed by atoms with Crippen molar-refractivity contribution in [2.24, 2.45) is 10.2 Å². The molecule has 258 valence electrons. The molecule has 0 saturated heterocycles. The normalized spacial score (nSPS) is 11.7. The summed E-state index contributed by atoms with van der Waals surface area (Å²) in [5.74, 6) is 0.352. The van der Waals surface area contributed by atoms with E-state index in [1.54, 1.807) is 48.5 Å². The smallest absolute Gasteiger partial charge is 0.343 e. The first-order chi connectivity index (χ1) is 23.9. The zero-order chi connectivity index (χ0) is 34.7. The van der Waals surface area contributed by atoms with Gasteiger partial charge < -0.3 is 14.2 Å². The van der Waals surface area contributed by atoms with Gasteiger partial charge in [-0.25, -0.2) is 9.59 Å². The summed E-state index contributed by atoms with van der Waals surface area (Å²) in [5.41, 5.74) is 4.32. The van der Waals surface area contributed by atoms with Gasteiger partial charge in [-0.05, 0) is 110 Å². The minimum atomic E-state index is -0.507. The molecule has 7 heteroatoms. The largest absolute Gasteiger partial charge is 0.494 e. The second-order valence-electron chi connectivity index (χ2n) is 12.4. The Hall–Kier alpha value is -4.78. The van der Waals surface area contributed by atoms with E-state index in [4.69, 9.17) is 14.2 Å². The third-order valence-electron chi connectivity index (χ3n) is 8.28. The number of nitrogens with zero attached hydrogens (tertiary/aromatic N) is 2. The van der Waals surface area contributed by atoms with Gasteiger partial charge in [0, 0.05) is 0 Å². The molecule has 0 N–H and O–H groups in total. The Morgan fingerprint density at radius 1 is 0.551 bits per heavy atom. The lowest BCUT2D eigenvalue weighted by molar-refractivity contribution is 0.0319. The highest BCUT2D eigenvalue weighted by Crippen LogP contribution is 2.26. The highest BCUT2D eigenvalue weighted by atomic mass is 16.5. The van der Waals surface area contributed by atoms with Gasteiger partial charge in [0.05, 0.1) is 35.2 Å². The lowest BCUT2D eigenvalue weighted by Crippen LogP contribution is -2.15. The van der Waals surface area contributed by atoms with Crippen molar-refractivity contribution in [3.05, 3.63) is 108 Å². The lowest BCUT2D eigenvalue weighted by Gasteiger charge is -2.13. The fourth-order valence-electron chi connectivity index (χ4n) is 5.31. The summed E-state index contributed by atoms with van der Waals surface area (Å²) in [4.78, 5) is 25.2. The number of hydrogen-bond acceptors (Lipinski definition) is 7. The summed E-state index contributed by atoms with van der Waals surface area (Å²) in [6.45, 7) is 7.08. The molecule has 0 aliphatic carbocycles. The van der Waals surface area contributed by atoms with Crippen LogP contribution in [0.3, 0.4) is 0 Å². The molecule has 1 atom stereocenters. The molecule has 0 amide bonds. The minimum Gasteiger partial charge on any atom is -0.494 e. The van der Waals surface area contributed by atoms with Gasteiger partial charge in [0.15, 0.2) is 0 Å². The molecule has 0 aromatic heterocycles. The molecule has 0 saturated carbocycles. The van der Waals surface area contributed by atoms with Gasteiger partial charge in [-0.15, -0.1) is 0 Å². The molecule has 0 bridgehead atoms. The molecule has 4 aromatic carbocycles.